The van der Waals surface area contributed by atoms with E-state index in [9.17, 15) is 0 Å². The van der Waals surface area contributed by atoms with Crippen molar-refractivity contribution in [1.82, 2.24) is 0 Å². The molecule has 0 amide bonds. The van der Waals surface area contributed by atoms with Gasteiger partial charge in [-0.05, 0) is 30.5 Å². The van der Waals surface area contributed by atoms with Crippen LogP contribution in [0.25, 0.3) is 0 Å². The molecule has 0 bridgehead atoms. The molecule has 2 N–H and O–H groups in total. The van der Waals surface area contributed by atoms with Crippen molar-refractivity contribution >= 4 is 11.8 Å². The molecule has 0 aliphatic carbocycles. The lowest BCUT2D eigenvalue weighted by Gasteiger charge is -2.33. The van der Waals surface area contributed by atoms with E-state index in [1.165, 1.54) is 4.90 Å². The van der Waals surface area contributed by atoms with Gasteiger partial charge in [-0.1, -0.05) is 26.8 Å². The van der Waals surface area contributed by atoms with Gasteiger partial charge >= 0.3 is 0 Å². The predicted octanol–water partition coefficient (Wildman–Crippen LogP) is 3.55. The Balaban J connectivity index is 2.86. The first-order valence-electron chi connectivity index (χ1n) is 5.91. The largest absolute Gasteiger partial charge is 0.497 e. The summed E-state index contributed by atoms with van der Waals surface area (Å²) in [6.45, 7) is 8.76. The van der Waals surface area contributed by atoms with Gasteiger partial charge in [0.1, 0.15) is 5.75 Å². The first kappa shape index (κ1) is 14.4. The number of hydrogen-bond donors (Lipinski definition) is 1. The van der Waals surface area contributed by atoms with Gasteiger partial charge in [0, 0.05) is 16.2 Å². The summed E-state index contributed by atoms with van der Waals surface area (Å²) in [6.07, 6.45) is 0. The molecule has 3 heteroatoms. The Morgan fingerprint density at radius 3 is 2.41 bits per heavy atom. The zero-order chi connectivity index (χ0) is 13.1. The third kappa shape index (κ3) is 4.25. The minimum Gasteiger partial charge on any atom is -0.497 e. The quantitative estimate of drug-likeness (QED) is 0.833. The van der Waals surface area contributed by atoms with E-state index in [1.807, 2.05) is 23.9 Å². The predicted molar refractivity (Wildman–Crippen MR) is 75.7 cm³/mol. The van der Waals surface area contributed by atoms with E-state index in [4.69, 9.17) is 10.5 Å². The Kier molecular flexibility index (Phi) is 4.90. The molecule has 1 rings (SSSR count). The molecule has 1 aromatic carbocycles. The molecule has 2 unspecified atom stereocenters. The lowest BCUT2D eigenvalue weighted by Crippen LogP contribution is -2.38. The number of hydrogen-bond acceptors (Lipinski definition) is 3. The molecule has 0 aliphatic rings. The molecule has 0 spiro atoms. The number of methoxy groups -OCH3 is 1. The Labute approximate surface area is 109 Å². The fraction of sp³-hybridized carbons (Fsp3) is 0.571. The first-order valence-corrected chi connectivity index (χ1v) is 6.79. The Bertz CT molecular complexity index is 357. The summed E-state index contributed by atoms with van der Waals surface area (Å²) in [7, 11) is 1.69. The van der Waals surface area contributed by atoms with Crippen molar-refractivity contribution in [3.05, 3.63) is 24.3 Å². The summed E-state index contributed by atoms with van der Waals surface area (Å²) in [5.74, 6) is 0.896. The molecule has 0 radical (unpaired) electrons. The van der Waals surface area contributed by atoms with Crippen molar-refractivity contribution in [1.29, 1.82) is 0 Å². The summed E-state index contributed by atoms with van der Waals surface area (Å²) in [5, 5.41) is 0.384. The monoisotopic (exact) mass is 253 g/mol. The summed E-state index contributed by atoms with van der Waals surface area (Å²) in [4.78, 5) is 1.21. The molecule has 17 heavy (non-hydrogen) atoms. The number of ether oxygens (including phenoxy) is 1. The van der Waals surface area contributed by atoms with E-state index in [2.05, 4.69) is 39.8 Å². The van der Waals surface area contributed by atoms with Crippen LogP contribution in [0.4, 0.5) is 0 Å². The molecule has 0 aliphatic heterocycles. The number of rotatable bonds is 4. The fourth-order valence-corrected chi connectivity index (χ4v) is 3.10. The summed E-state index contributed by atoms with van der Waals surface area (Å²) in [5.41, 5.74) is 6.27. The Morgan fingerprint density at radius 2 is 1.94 bits per heavy atom. The van der Waals surface area contributed by atoms with Gasteiger partial charge in [-0.3, -0.25) is 0 Å². The van der Waals surface area contributed by atoms with E-state index in [-0.39, 0.29) is 11.5 Å². The SMILES string of the molecule is COc1cccc(SC(C(C)N)C(C)(C)C)c1. The minimum atomic E-state index is 0.159. The van der Waals surface area contributed by atoms with Crippen molar-refractivity contribution in [3.63, 3.8) is 0 Å². The maximum atomic E-state index is 6.09. The smallest absolute Gasteiger partial charge is 0.119 e. The van der Waals surface area contributed by atoms with Crippen molar-refractivity contribution in [3.8, 4) is 5.75 Å². The molecule has 1 aromatic rings. The van der Waals surface area contributed by atoms with Crippen LogP contribution in [0.5, 0.6) is 5.75 Å². The highest BCUT2D eigenvalue weighted by Crippen LogP contribution is 2.37. The maximum absolute atomic E-state index is 6.09. The Hall–Kier alpha value is -0.670. The molecule has 2 atom stereocenters. The number of nitrogens with two attached hydrogens (primary N) is 1. The fourth-order valence-electron chi connectivity index (χ4n) is 1.89. The van der Waals surface area contributed by atoms with Gasteiger partial charge in [0.2, 0.25) is 0 Å². The lowest BCUT2D eigenvalue weighted by atomic mass is 9.88. The second kappa shape index (κ2) is 5.78. The normalized spacial score (nSPS) is 15.4. The zero-order valence-electron chi connectivity index (χ0n) is 11.4. The van der Waals surface area contributed by atoms with Crippen LogP contribution in [0.15, 0.2) is 29.2 Å². The molecule has 2 nitrogen and oxygen atoms in total. The highest BCUT2D eigenvalue weighted by Gasteiger charge is 2.28. The van der Waals surface area contributed by atoms with Crippen LogP contribution in [0, 0.1) is 5.41 Å². The number of thioether (sulfide) groups is 1. The maximum Gasteiger partial charge on any atom is 0.119 e. The molecule has 0 saturated carbocycles. The second-order valence-electron chi connectivity index (χ2n) is 5.44. The van der Waals surface area contributed by atoms with Crippen molar-refractivity contribution in [2.75, 3.05) is 7.11 Å². The van der Waals surface area contributed by atoms with Crippen LogP contribution >= 0.6 is 11.8 Å². The van der Waals surface area contributed by atoms with Crippen LogP contribution in [-0.4, -0.2) is 18.4 Å². The molecule has 0 aromatic heterocycles. The Morgan fingerprint density at radius 1 is 1.29 bits per heavy atom. The molecular formula is C14H23NOS. The van der Waals surface area contributed by atoms with E-state index in [0.717, 1.165) is 5.75 Å². The standard InChI is InChI=1S/C14H23NOS/c1-10(15)13(14(2,3)4)17-12-8-6-7-11(9-12)16-5/h6-10,13H,15H2,1-5H3. The molecule has 96 valence electrons. The van der Waals surface area contributed by atoms with Crippen LogP contribution in [-0.2, 0) is 0 Å². The summed E-state index contributed by atoms with van der Waals surface area (Å²) < 4.78 is 5.24. The van der Waals surface area contributed by atoms with Gasteiger partial charge in [-0.2, -0.15) is 0 Å². The summed E-state index contributed by atoms with van der Waals surface area (Å²) >= 11 is 1.83. The van der Waals surface area contributed by atoms with E-state index in [1.54, 1.807) is 7.11 Å². The van der Waals surface area contributed by atoms with Crippen LogP contribution in [0.2, 0.25) is 0 Å². The third-order valence-corrected chi connectivity index (χ3v) is 4.55. The molecule has 0 fully saturated rings. The molecular weight excluding hydrogens is 230 g/mol. The second-order valence-corrected chi connectivity index (χ2v) is 6.66. The number of benzene rings is 1. The van der Waals surface area contributed by atoms with Gasteiger partial charge in [-0.25, -0.2) is 0 Å². The van der Waals surface area contributed by atoms with Crippen LogP contribution in [0.3, 0.4) is 0 Å². The molecule has 0 heterocycles. The van der Waals surface area contributed by atoms with Gasteiger partial charge in [0.15, 0.2) is 0 Å². The van der Waals surface area contributed by atoms with Crippen molar-refractivity contribution < 1.29 is 4.74 Å². The highest BCUT2D eigenvalue weighted by molar-refractivity contribution is 8.00. The topological polar surface area (TPSA) is 35.2 Å². The van der Waals surface area contributed by atoms with Gasteiger partial charge in [0.25, 0.3) is 0 Å². The first-order chi connectivity index (χ1) is 7.84. The average molecular weight is 253 g/mol. The van der Waals surface area contributed by atoms with Gasteiger partial charge in [0.05, 0.1) is 7.11 Å². The minimum absolute atomic E-state index is 0.159. The van der Waals surface area contributed by atoms with Crippen LogP contribution < -0.4 is 10.5 Å². The molecule has 0 saturated heterocycles. The van der Waals surface area contributed by atoms with Crippen LogP contribution in [0.1, 0.15) is 27.7 Å². The van der Waals surface area contributed by atoms with Gasteiger partial charge in [-0.15, -0.1) is 11.8 Å². The third-order valence-electron chi connectivity index (χ3n) is 2.64. The van der Waals surface area contributed by atoms with E-state index < -0.39 is 0 Å². The van der Waals surface area contributed by atoms with Crippen molar-refractivity contribution in [2.45, 2.75) is 43.9 Å². The summed E-state index contributed by atoms with van der Waals surface area (Å²) in [6, 6.07) is 8.30. The lowest BCUT2D eigenvalue weighted by molar-refractivity contribution is 0.363. The van der Waals surface area contributed by atoms with E-state index >= 15 is 0 Å². The average Bonchev–Trinajstić information content (AvgIpc) is 2.24. The van der Waals surface area contributed by atoms with E-state index in [0.29, 0.717) is 5.25 Å². The highest BCUT2D eigenvalue weighted by atomic mass is 32.2. The van der Waals surface area contributed by atoms with Gasteiger partial charge < -0.3 is 10.5 Å². The van der Waals surface area contributed by atoms with Crippen molar-refractivity contribution in [2.24, 2.45) is 11.1 Å². The zero-order valence-corrected chi connectivity index (χ0v) is 12.2.